The van der Waals surface area contributed by atoms with Crippen molar-refractivity contribution in [3.05, 3.63) is 89.5 Å². The zero-order chi connectivity index (χ0) is 25.4. The zero-order valence-electron chi connectivity index (χ0n) is 20.0. The van der Waals surface area contributed by atoms with Crippen LogP contribution in [0, 0.1) is 0 Å². The molecule has 7 nitrogen and oxygen atoms in total. The molecule has 3 rings (SSSR count). The van der Waals surface area contributed by atoms with E-state index in [1.165, 1.54) is 7.11 Å². The Labute approximate surface area is 215 Å². The van der Waals surface area contributed by atoms with Crippen LogP contribution >= 0.6 is 0 Å². The summed E-state index contributed by atoms with van der Waals surface area (Å²) in [5.41, 5.74) is 2.69. The summed E-state index contributed by atoms with van der Waals surface area (Å²) in [5.74, 6) is 0.0776. The number of esters is 1. The molecule has 3 aromatic rings. The van der Waals surface area contributed by atoms with Crippen LogP contribution in [0.5, 0.6) is 5.75 Å². The number of methoxy groups -OCH3 is 1. The van der Waals surface area contributed by atoms with Gasteiger partial charge >= 0.3 is 216 Å². The van der Waals surface area contributed by atoms with Crippen LogP contribution in [0.25, 0.3) is 11.1 Å². The molecule has 0 aliphatic rings. The molecule has 0 aliphatic heterocycles. The summed E-state index contributed by atoms with van der Waals surface area (Å²) in [5, 5.41) is 2.74. The average molecular weight is 588 g/mol. The number of carbonyl (C=O) groups is 3. The van der Waals surface area contributed by atoms with E-state index in [0.29, 0.717) is 22.4 Å². The van der Waals surface area contributed by atoms with E-state index in [0.717, 1.165) is 11.1 Å². The molecule has 0 heterocycles. The number of carbonyl (C=O) groups excluding carboxylic acids is 3. The van der Waals surface area contributed by atoms with Crippen LogP contribution in [0.3, 0.4) is 0 Å². The zero-order valence-corrected chi connectivity index (χ0v) is 22.1. The fourth-order valence-electron chi connectivity index (χ4n) is 3.09. The minimum absolute atomic E-state index is 0.0506. The standard InChI is InChI=1S/C27H27INO6/c1-27(2,3)34-26(32)29-17-22-16-20(19-11-8-12-21(15-19)25(31)33-4)13-14-23(22)35-28-24(30)18-9-6-5-7-10-18/h5-16H,17H2,1-4H3,(H,29,32)/q-1. The predicted octanol–water partition coefficient (Wildman–Crippen LogP) is 2.39. The van der Waals surface area contributed by atoms with Gasteiger partial charge in [-0.3, -0.25) is 0 Å². The molecule has 8 heteroatoms. The third-order valence-corrected chi connectivity index (χ3v) is 6.41. The average Bonchev–Trinajstić information content (AvgIpc) is 2.85. The number of benzene rings is 3. The van der Waals surface area contributed by atoms with Crippen molar-refractivity contribution in [2.24, 2.45) is 0 Å². The number of nitrogens with one attached hydrogen (secondary N) is 1. The summed E-state index contributed by atoms with van der Waals surface area (Å²) in [7, 11) is 1.33. The SMILES string of the molecule is COC(=O)c1cccc(-c2ccc(O[I-]C(=O)c3ccccc3)c(CNC(=O)OC(C)(C)C)c2)c1. The molecule has 0 unspecified atom stereocenters. The van der Waals surface area contributed by atoms with Gasteiger partial charge in [0.2, 0.25) is 0 Å². The first-order valence-electron chi connectivity index (χ1n) is 10.9. The molecule has 0 radical (unpaired) electrons. The summed E-state index contributed by atoms with van der Waals surface area (Å²) >= 11 is -1.29. The van der Waals surface area contributed by atoms with Crippen molar-refractivity contribution < 1.29 is 48.5 Å². The van der Waals surface area contributed by atoms with Crippen LogP contribution in [-0.4, -0.2) is 28.6 Å². The van der Waals surface area contributed by atoms with Crippen molar-refractivity contribution >= 4 is 15.9 Å². The van der Waals surface area contributed by atoms with E-state index >= 15 is 0 Å². The van der Waals surface area contributed by atoms with Gasteiger partial charge < -0.3 is 0 Å². The number of alkyl carbamates (subject to hydrolysis) is 1. The van der Waals surface area contributed by atoms with Gasteiger partial charge in [0.05, 0.1) is 0 Å². The van der Waals surface area contributed by atoms with Gasteiger partial charge in [0.1, 0.15) is 0 Å². The molecule has 184 valence electrons. The van der Waals surface area contributed by atoms with Gasteiger partial charge in [0, 0.05) is 0 Å². The number of hydrogen-bond acceptors (Lipinski definition) is 6. The van der Waals surface area contributed by atoms with Crippen LogP contribution in [0.1, 0.15) is 47.1 Å². The van der Waals surface area contributed by atoms with Crippen molar-refractivity contribution in [3.8, 4) is 16.9 Å². The van der Waals surface area contributed by atoms with E-state index in [2.05, 4.69) is 5.32 Å². The van der Waals surface area contributed by atoms with E-state index in [4.69, 9.17) is 12.5 Å². The van der Waals surface area contributed by atoms with Gasteiger partial charge in [-0.25, -0.2) is 0 Å². The van der Waals surface area contributed by atoms with Gasteiger partial charge in [0.25, 0.3) is 0 Å². The fraction of sp³-hybridized carbons (Fsp3) is 0.222. The molecule has 0 bridgehead atoms. The Bertz CT molecular complexity index is 1200. The van der Waals surface area contributed by atoms with Crippen molar-refractivity contribution in [3.63, 3.8) is 0 Å². The van der Waals surface area contributed by atoms with E-state index in [1.54, 1.807) is 57.2 Å². The van der Waals surface area contributed by atoms with Gasteiger partial charge in [-0.05, 0) is 0 Å². The molecule has 35 heavy (non-hydrogen) atoms. The van der Waals surface area contributed by atoms with Crippen molar-refractivity contribution in [2.45, 2.75) is 32.9 Å². The second kappa shape index (κ2) is 11.8. The summed E-state index contributed by atoms with van der Waals surface area (Å²) < 4.78 is 16.1. The monoisotopic (exact) mass is 588 g/mol. The van der Waals surface area contributed by atoms with Gasteiger partial charge in [0.15, 0.2) is 0 Å². The first kappa shape index (κ1) is 26.2. The molecular weight excluding hydrogens is 561 g/mol. The summed E-state index contributed by atoms with van der Waals surface area (Å²) in [6.45, 7) is 5.50. The molecule has 0 aromatic heterocycles. The van der Waals surface area contributed by atoms with Crippen molar-refractivity contribution in [2.75, 3.05) is 7.11 Å². The second-order valence-electron chi connectivity index (χ2n) is 8.54. The summed E-state index contributed by atoms with van der Waals surface area (Å²) in [6.07, 6.45) is -0.559. The fourth-order valence-corrected chi connectivity index (χ4v) is 4.57. The maximum atomic E-state index is 12.6. The Morgan fingerprint density at radius 2 is 1.54 bits per heavy atom. The Morgan fingerprint density at radius 1 is 0.857 bits per heavy atom. The third-order valence-electron chi connectivity index (χ3n) is 4.69. The predicted molar refractivity (Wildman–Crippen MR) is 128 cm³/mol. The summed E-state index contributed by atoms with van der Waals surface area (Å²) in [6, 6.07) is 21.5. The molecule has 1 N–H and O–H groups in total. The number of amides is 1. The Balaban J connectivity index is 1.85. The van der Waals surface area contributed by atoms with Crippen LogP contribution in [0.2, 0.25) is 0 Å². The first-order chi connectivity index (χ1) is 16.7. The number of halogens is 1. The van der Waals surface area contributed by atoms with E-state index in [1.807, 2.05) is 36.4 Å². The van der Waals surface area contributed by atoms with E-state index < -0.39 is 39.3 Å². The topological polar surface area (TPSA) is 90.9 Å². The Kier molecular flexibility index (Phi) is 8.86. The minimum atomic E-state index is -1.29. The first-order valence-corrected chi connectivity index (χ1v) is 12.8. The second-order valence-corrected chi connectivity index (χ2v) is 10.4. The number of ether oxygens (including phenoxy) is 2. The molecule has 0 saturated carbocycles. The maximum absolute atomic E-state index is 12.6. The third kappa shape index (κ3) is 7.81. The molecule has 0 aliphatic carbocycles. The quantitative estimate of drug-likeness (QED) is 0.247. The number of hydrogen-bond donors (Lipinski definition) is 1. The van der Waals surface area contributed by atoms with Crippen molar-refractivity contribution in [1.82, 2.24) is 5.32 Å². The van der Waals surface area contributed by atoms with Gasteiger partial charge in [-0.15, -0.1) is 0 Å². The molecule has 3 aromatic carbocycles. The van der Waals surface area contributed by atoms with Crippen LogP contribution in [0.4, 0.5) is 4.79 Å². The normalized spacial score (nSPS) is 11.0. The van der Waals surface area contributed by atoms with Crippen molar-refractivity contribution in [1.29, 1.82) is 0 Å². The molecule has 0 atom stereocenters. The Hall–Kier alpha value is -3.40. The van der Waals surface area contributed by atoms with Crippen LogP contribution in [0.15, 0.2) is 72.8 Å². The molecule has 0 spiro atoms. The molecule has 1 amide bonds. The Morgan fingerprint density at radius 3 is 2.23 bits per heavy atom. The molecular formula is C27H27INO6-. The summed E-state index contributed by atoms with van der Waals surface area (Å²) in [4.78, 5) is 36.7. The number of rotatable bonds is 8. The molecule has 0 saturated heterocycles. The van der Waals surface area contributed by atoms with E-state index in [9.17, 15) is 14.4 Å². The van der Waals surface area contributed by atoms with Gasteiger partial charge in [-0.1, -0.05) is 0 Å². The van der Waals surface area contributed by atoms with Gasteiger partial charge in [-0.2, -0.15) is 0 Å². The van der Waals surface area contributed by atoms with Crippen LogP contribution < -0.4 is 30.0 Å². The van der Waals surface area contributed by atoms with E-state index in [-0.39, 0.29) is 10.3 Å². The van der Waals surface area contributed by atoms with Crippen LogP contribution in [-0.2, 0) is 16.0 Å². The molecule has 0 fully saturated rings.